The number of hydrogen-bond donors (Lipinski definition) is 1. The number of nitrogens with one attached hydrogen (secondary N) is 1. The summed E-state index contributed by atoms with van der Waals surface area (Å²) in [7, 11) is 0. The highest BCUT2D eigenvalue weighted by Gasteiger charge is 2.15. The molecule has 0 radical (unpaired) electrons. The number of furan rings is 1. The first-order valence-corrected chi connectivity index (χ1v) is 12.2. The van der Waals surface area contributed by atoms with Crippen LogP contribution < -0.4 is 14.8 Å². The number of hydrogen-bond acceptors (Lipinski definition) is 5. The number of anilines is 1. The van der Waals surface area contributed by atoms with E-state index in [4.69, 9.17) is 25.5 Å². The van der Waals surface area contributed by atoms with Gasteiger partial charge in [0.2, 0.25) is 0 Å². The molecule has 35 heavy (non-hydrogen) atoms. The predicted molar refractivity (Wildman–Crippen MR) is 138 cm³/mol. The van der Waals surface area contributed by atoms with E-state index in [1.165, 1.54) is 0 Å². The van der Waals surface area contributed by atoms with E-state index in [1.54, 1.807) is 29.2 Å². The fourth-order valence-corrected chi connectivity index (χ4v) is 3.77. The Hall–Kier alpha value is -3.23. The summed E-state index contributed by atoms with van der Waals surface area (Å²) in [6.45, 7) is 6.50. The van der Waals surface area contributed by atoms with E-state index in [9.17, 15) is 4.79 Å². The molecule has 0 aliphatic carbocycles. The Morgan fingerprint density at radius 1 is 1.17 bits per heavy atom. The van der Waals surface area contributed by atoms with Crippen LogP contribution in [-0.2, 0) is 13.3 Å². The number of amides is 1. The minimum atomic E-state index is -0.380. The van der Waals surface area contributed by atoms with Crippen molar-refractivity contribution in [1.82, 2.24) is 9.78 Å². The molecular formula is C26H25BrClN3O4. The van der Waals surface area contributed by atoms with E-state index in [2.05, 4.69) is 40.2 Å². The molecule has 1 N–H and O–H groups in total. The van der Waals surface area contributed by atoms with Crippen LogP contribution in [0.3, 0.4) is 0 Å². The maximum Gasteiger partial charge on any atom is 0.291 e. The van der Waals surface area contributed by atoms with Gasteiger partial charge < -0.3 is 19.2 Å². The second-order valence-electron chi connectivity index (χ2n) is 8.30. The quantitative estimate of drug-likeness (QED) is 0.235. The van der Waals surface area contributed by atoms with Gasteiger partial charge in [-0.1, -0.05) is 41.4 Å². The topological polar surface area (TPSA) is 78.5 Å². The summed E-state index contributed by atoms with van der Waals surface area (Å²) in [5.74, 6) is 2.06. The first-order valence-electron chi connectivity index (χ1n) is 11.0. The molecule has 0 aliphatic heterocycles. The first kappa shape index (κ1) is 24.9. The smallest absolute Gasteiger partial charge is 0.291 e. The number of ether oxygens (including phenoxy) is 2. The molecule has 0 aliphatic rings. The lowest BCUT2D eigenvalue weighted by Gasteiger charge is -2.15. The molecule has 2 aromatic heterocycles. The summed E-state index contributed by atoms with van der Waals surface area (Å²) in [6, 6.07) is 14.7. The van der Waals surface area contributed by atoms with Crippen molar-refractivity contribution in [2.75, 3.05) is 5.32 Å². The van der Waals surface area contributed by atoms with Gasteiger partial charge in [0.1, 0.15) is 23.9 Å². The predicted octanol–water partition coefficient (Wildman–Crippen LogP) is 7.19. The van der Waals surface area contributed by atoms with Gasteiger partial charge in [0.15, 0.2) is 12.5 Å². The van der Waals surface area contributed by atoms with E-state index in [0.29, 0.717) is 22.2 Å². The molecule has 4 rings (SSSR count). The van der Waals surface area contributed by atoms with Crippen molar-refractivity contribution >= 4 is 39.1 Å². The molecule has 0 unspecified atom stereocenters. The molecule has 0 fully saturated rings. The van der Waals surface area contributed by atoms with E-state index in [0.717, 1.165) is 21.3 Å². The van der Waals surface area contributed by atoms with Gasteiger partial charge in [-0.15, -0.1) is 0 Å². The number of aryl methyl sites for hydroxylation is 1. The molecule has 2 heterocycles. The van der Waals surface area contributed by atoms with Gasteiger partial charge in [-0.2, -0.15) is 5.10 Å². The number of carbonyl (C=O) groups is 1. The second-order valence-corrected chi connectivity index (χ2v) is 9.62. The molecular weight excluding hydrogens is 534 g/mol. The Bertz CT molecular complexity index is 1310. The van der Waals surface area contributed by atoms with Crippen molar-refractivity contribution in [2.24, 2.45) is 0 Å². The third kappa shape index (κ3) is 6.46. The zero-order valence-electron chi connectivity index (χ0n) is 19.5. The van der Waals surface area contributed by atoms with Gasteiger partial charge in [0.25, 0.3) is 5.91 Å². The minimum absolute atomic E-state index is 0.179. The highest BCUT2D eigenvalue weighted by atomic mass is 79.9. The Labute approximate surface area is 217 Å². The number of aromatic nitrogens is 2. The zero-order chi connectivity index (χ0) is 24.9. The fraction of sp³-hybridized carbons (Fsp3) is 0.231. The lowest BCUT2D eigenvalue weighted by atomic mass is 10.0. The molecule has 1 amide bonds. The largest absolute Gasteiger partial charge is 0.485 e. The average molecular weight is 559 g/mol. The van der Waals surface area contributed by atoms with Gasteiger partial charge >= 0.3 is 0 Å². The van der Waals surface area contributed by atoms with Crippen LogP contribution in [0, 0.1) is 6.92 Å². The van der Waals surface area contributed by atoms with E-state index in [1.807, 2.05) is 43.3 Å². The summed E-state index contributed by atoms with van der Waals surface area (Å²) < 4.78 is 19.9. The van der Waals surface area contributed by atoms with Gasteiger partial charge in [-0.05, 0) is 72.5 Å². The number of nitrogens with zero attached hydrogens (tertiary/aromatic N) is 2. The van der Waals surface area contributed by atoms with Crippen LogP contribution in [0.15, 0.2) is 69.8 Å². The molecule has 9 heteroatoms. The summed E-state index contributed by atoms with van der Waals surface area (Å²) in [5.41, 5.74) is 2.49. The van der Waals surface area contributed by atoms with Crippen molar-refractivity contribution in [2.45, 2.75) is 40.0 Å². The molecule has 182 valence electrons. The normalized spacial score (nSPS) is 11.0. The molecule has 0 atom stereocenters. The monoisotopic (exact) mass is 557 g/mol. The lowest BCUT2D eigenvalue weighted by molar-refractivity contribution is 0.0992. The van der Waals surface area contributed by atoms with Crippen molar-refractivity contribution in [3.05, 3.63) is 93.1 Å². The molecule has 0 bridgehead atoms. The van der Waals surface area contributed by atoms with E-state index >= 15 is 0 Å². The van der Waals surface area contributed by atoms with Crippen molar-refractivity contribution in [3.8, 4) is 11.5 Å². The van der Waals surface area contributed by atoms with Crippen LogP contribution >= 0.6 is 27.5 Å². The summed E-state index contributed by atoms with van der Waals surface area (Å²) in [6.07, 6.45) is 3.23. The zero-order valence-corrected chi connectivity index (χ0v) is 21.9. The van der Waals surface area contributed by atoms with Crippen LogP contribution in [0.1, 0.15) is 47.2 Å². The van der Waals surface area contributed by atoms with E-state index in [-0.39, 0.29) is 30.9 Å². The summed E-state index contributed by atoms with van der Waals surface area (Å²) in [5, 5.41) is 7.69. The highest BCUT2D eigenvalue weighted by molar-refractivity contribution is 9.10. The second kappa shape index (κ2) is 11.0. The third-order valence-electron chi connectivity index (χ3n) is 5.24. The third-order valence-corrected chi connectivity index (χ3v) is 6.17. The molecule has 0 spiro atoms. The number of halogens is 2. The Morgan fingerprint density at radius 3 is 2.69 bits per heavy atom. The summed E-state index contributed by atoms with van der Waals surface area (Å²) in [4.78, 5) is 12.6. The number of carbonyl (C=O) groups excluding carboxylic acids is 1. The SMILES string of the molecule is Cc1cc(OCc2ccc(C(=O)Nc3cnn(COc4ccc(Br)cc4)c3)o2)c(C(C)C)cc1Cl. The number of rotatable bonds is 9. The maximum atomic E-state index is 12.6. The molecule has 0 saturated heterocycles. The Balaban J connectivity index is 1.33. The Kier molecular flexibility index (Phi) is 7.83. The first-order chi connectivity index (χ1) is 16.8. The van der Waals surface area contributed by atoms with Gasteiger partial charge in [0, 0.05) is 9.50 Å². The lowest BCUT2D eigenvalue weighted by Crippen LogP contribution is -2.10. The Morgan fingerprint density at radius 2 is 1.94 bits per heavy atom. The molecule has 2 aromatic carbocycles. The van der Waals surface area contributed by atoms with Gasteiger partial charge in [-0.3, -0.25) is 4.79 Å². The van der Waals surface area contributed by atoms with Gasteiger partial charge in [0.05, 0.1) is 18.1 Å². The molecule has 0 saturated carbocycles. The van der Waals surface area contributed by atoms with Crippen LogP contribution in [0.4, 0.5) is 5.69 Å². The van der Waals surface area contributed by atoms with Crippen LogP contribution in [0.2, 0.25) is 5.02 Å². The average Bonchev–Trinajstić information content (AvgIpc) is 3.48. The van der Waals surface area contributed by atoms with Crippen LogP contribution in [0.5, 0.6) is 11.5 Å². The van der Waals surface area contributed by atoms with E-state index < -0.39 is 0 Å². The maximum absolute atomic E-state index is 12.6. The van der Waals surface area contributed by atoms with Crippen LogP contribution in [0.25, 0.3) is 0 Å². The molecule has 4 aromatic rings. The van der Waals surface area contributed by atoms with Crippen LogP contribution in [-0.4, -0.2) is 15.7 Å². The number of benzene rings is 2. The highest BCUT2D eigenvalue weighted by Crippen LogP contribution is 2.32. The van der Waals surface area contributed by atoms with Gasteiger partial charge in [-0.25, -0.2) is 4.68 Å². The summed E-state index contributed by atoms with van der Waals surface area (Å²) >= 11 is 9.66. The van der Waals surface area contributed by atoms with Crippen molar-refractivity contribution in [1.29, 1.82) is 0 Å². The van der Waals surface area contributed by atoms with Crippen molar-refractivity contribution < 1.29 is 18.7 Å². The van der Waals surface area contributed by atoms with Crippen molar-refractivity contribution in [3.63, 3.8) is 0 Å². The minimum Gasteiger partial charge on any atom is -0.485 e. The molecule has 7 nitrogen and oxygen atoms in total. The standard InChI is InChI=1S/C26H25BrClN3O4/c1-16(2)22-11-23(28)17(3)10-25(22)33-14-21-8-9-24(35-21)26(32)30-19-12-29-31(13-19)15-34-20-6-4-18(27)5-7-20/h4-13,16H,14-15H2,1-3H3,(H,30,32). The fourth-order valence-electron chi connectivity index (χ4n) is 3.34.